The lowest BCUT2D eigenvalue weighted by Crippen LogP contribution is -1.95. The molecule has 0 aliphatic heterocycles. The molecule has 0 fully saturated rings. The lowest BCUT2D eigenvalue weighted by atomic mass is 9.93. The molecule has 0 aliphatic rings. The molecule has 0 saturated heterocycles. The summed E-state index contributed by atoms with van der Waals surface area (Å²) in [7, 11) is 0. The molecule has 0 saturated carbocycles. The Bertz CT molecular complexity index is 593. The Morgan fingerprint density at radius 2 is 1.33 bits per heavy atom. The molecule has 0 unspecified atom stereocenters. The number of hydrogen-bond donors (Lipinski definition) is 0. The van der Waals surface area contributed by atoms with Crippen molar-refractivity contribution >= 4 is 11.9 Å². The standard InChI is InChI=1S/C20H25N/c1-14(2)18-7-6-8-19(15(3)4)20(18)21-13-17-11-9-16(5)10-12-17/h6-15H,1-5H3. The van der Waals surface area contributed by atoms with Crippen molar-refractivity contribution in [3.63, 3.8) is 0 Å². The molecule has 2 rings (SSSR count). The zero-order valence-corrected chi connectivity index (χ0v) is 13.7. The zero-order chi connectivity index (χ0) is 15.4. The van der Waals surface area contributed by atoms with E-state index >= 15 is 0 Å². The molecule has 1 nitrogen and oxygen atoms in total. The number of nitrogens with zero attached hydrogens (tertiary/aromatic N) is 1. The first kappa shape index (κ1) is 15.5. The molecule has 0 aliphatic carbocycles. The Morgan fingerprint density at radius 3 is 1.81 bits per heavy atom. The Morgan fingerprint density at radius 1 is 0.810 bits per heavy atom. The van der Waals surface area contributed by atoms with Crippen LogP contribution in [0.4, 0.5) is 5.69 Å². The lowest BCUT2D eigenvalue weighted by molar-refractivity contribution is 0.835. The molecule has 0 atom stereocenters. The van der Waals surface area contributed by atoms with E-state index in [-0.39, 0.29) is 0 Å². The third-order valence-corrected chi connectivity index (χ3v) is 3.76. The van der Waals surface area contributed by atoms with Gasteiger partial charge in [0.2, 0.25) is 0 Å². The van der Waals surface area contributed by atoms with Crippen LogP contribution >= 0.6 is 0 Å². The summed E-state index contributed by atoms with van der Waals surface area (Å²) in [5, 5.41) is 0. The van der Waals surface area contributed by atoms with Gasteiger partial charge in [-0.05, 0) is 35.4 Å². The maximum atomic E-state index is 4.82. The quantitative estimate of drug-likeness (QED) is 0.609. The van der Waals surface area contributed by atoms with Crippen molar-refractivity contribution in [1.29, 1.82) is 0 Å². The summed E-state index contributed by atoms with van der Waals surface area (Å²) < 4.78 is 0. The van der Waals surface area contributed by atoms with Crippen molar-refractivity contribution in [2.24, 2.45) is 4.99 Å². The molecule has 110 valence electrons. The molecular weight excluding hydrogens is 254 g/mol. The summed E-state index contributed by atoms with van der Waals surface area (Å²) in [5.41, 5.74) is 6.21. The van der Waals surface area contributed by atoms with Gasteiger partial charge in [-0.25, -0.2) is 0 Å². The Kier molecular flexibility index (Phi) is 4.95. The summed E-state index contributed by atoms with van der Waals surface area (Å²) in [6.45, 7) is 11.0. The van der Waals surface area contributed by atoms with Crippen LogP contribution < -0.4 is 0 Å². The first-order valence-electron chi connectivity index (χ1n) is 7.72. The van der Waals surface area contributed by atoms with E-state index in [2.05, 4.69) is 77.1 Å². The monoisotopic (exact) mass is 279 g/mol. The number of para-hydroxylation sites is 1. The molecule has 0 radical (unpaired) electrons. The van der Waals surface area contributed by atoms with Crippen molar-refractivity contribution < 1.29 is 0 Å². The van der Waals surface area contributed by atoms with Crippen molar-refractivity contribution in [2.75, 3.05) is 0 Å². The summed E-state index contributed by atoms with van der Waals surface area (Å²) in [5.74, 6) is 0.961. The van der Waals surface area contributed by atoms with E-state index in [1.54, 1.807) is 0 Å². The van der Waals surface area contributed by atoms with Crippen molar-refractivity contribution in [3.8, 4) is 0 Å². The van der Waals surface area contributed by atoms with Crippen LogP contribution in [0.25, 0.3) is 0 Å². The van der Waals surface area contributed by atoms with Crippen molar-refractivity contribution in [3.05, 3.63) is 64.7 Å². The minimum atomic E-state index is 0.480. The van der Waals surface area contributed by atoms with E-state index < -0.39 is 0 Å². The molecule has 0 N–H and O–H groups in total. The molecular formula is C20H25N. The number of aliphatic imine (C=N–C) groups is 1. The molecule has 0 spiro atoms. The molecule has 0 heterocycles. The van der Waals surface area contributed by atoms with E-state index in [1.807, 2.05) is 6.21 Å². The fourth-order valence-electron chi connectivity index (χ4n) is 2.45. The maximum Gasteiger partial charge on any atom is 0.0699 e. The molecule has 0 bridgehead atoms. The molecule has 1 heteroatoms. The van der Waals surface area contributed by atoms with E-state index in [9.17, 15) is 0 Å². The first-order chi connectivity index (χ1) is 9.99. The van der Waals surface area contributed by atoms with Crippen LogP contribution in [0.15, 0.2) is 47.5 Å². The smallest absolute Gasteiger partial charge is 0.0699 e. The van der Waals surface area contributed by atoms with Crippen LogP contribution in [0, 0.1) is 6.92 Å². The minimum absolute atomic E-state index is 0.480. The minimum Gasteiger partial charge on any atom is -0.256 e. The summed E-state index contributed by atoms with van der Waals surface area (Å²) >= 11 is 0. The predicted molar refractivity (Wildman–Crippen MR) is 93.1 cm³/mol. The molecule has 2 aromatic carbocycles. The first-order valence-corrected chi connectivity index (χ1v) is 7.72. The summed E-state index contributed by atoms with van der Waals surface area (Å²) in [4.78, 5) is 4.82. The number of benzene rings is 2. The van der Waals surface area contributed by atoms with Gasteiger partial charge in [-0.3, -0.25) is 4.99 Å². The highest BCUT2D eigenvalue weighted by atomic mass is 14.7. The molecule has 21 heavy (non-hydrogen) atoms. The Labute approximate surface area is 128 Å². The molecule has 0 aromatic heterocycles. The largest absolute Gasteiger partial charge is 0.256 e. The van der Waals surface area contributed by atoms with Crippen LogP contribution in [0.2, 0.25) is 0 Å². The highest BCUT2D eigenvalue weighted by Crippen LogP contribution is 2.34. The average Bonchev–Trinajstić information content (AvgIpc) is 2.46. The van der Waals surface area contributed by atoms with E-state index in [1.165, 1.54) is 16.7 Å². The second-order valence-corrected chi connectivity index (χ2v) is 6.26. The third-order valence-electron chi connectivity index (χ3n) is 3.76. The van der Waals surface area contributed by atoms with Gasteiger partial charge >= 0.3 is 0 Å². The van der Waals surface area contributed by atoms with Crippen LogP contribution in [0.5, 0.6) is 0 Å². The lowest BCUT2D eigenvalue weighted by Gasteiger charge is -2.16. The zero-order valence-electron chi connectivity index (χ0n) is 13.7. The topological polar surface area (TPSA) is 12.4 Å². The molecule has 0 amide bonds. The normalized spacial score (nSPS) is 11.8. The number of aryl methyl sites for hydroxylation is 1. The predicted octanol–water partition coefficient (Wildman–Crippen LogP) is 5.99. The summed E-state index contributed by atoms with van der Waals surface area (Å²) in [6.07, 6.45) is 1.98. The van der Waals surface area contributed by atoms with Gasteiger partial charge in [0.1, 0.15) is 0 Å². The highest BCUT2D eigenvalue weighted by molar-refractivity contribution is 5.83. The Balaban J connectivity index is 2.43. The summed E-state index contributed by atoms with van der Waals surface area (Å²) in [6, 6.07) is 15.0. The second-order valence-electron chi connectivity index (χ2n) is 6.26. The van der Waals surface area contributed by atoms with Crippen molar-refractivity contribution in [1.82, 2.24) is 0 Å². The van der Waals surface area contributed by atoms with E-state index in [0.717, 1.165) is 11.3 Å². The van der Waals surface area contributed by atoms with Gasteiger partial charge in [0.15, 0.2) is 0 Å². The van der Waals surface area contributed by atoms with Gasteiger partial charge in [0, 0.05) is 6.21 Å². The fraction of sp³-hybridized carbons (Fsp3) is 0.350. The average molecular weight is 279 g/mol. The van der Waals surface area contributed by atoms with Gasteiger partial charge in [-0.2, -0.15) is 0 Å². The van der Waals surface area contributed by atoms with Crippen molar-refractivity contribution in [2.45, 2.75) is 46.5 Å². The van der Waals surface area contributed by atoms with Crippen LogP contribution in [-0.4, -0.2) is 6.21 Å². The van der Waals surface area contributed by atoms with Gasteiger partial charge in [0.25, 0.3) is 0 Å². The van der Waals surface area contributed by atoms with Crippen LogP contribution in [0.3, 0.4) is 0 Å². The van der Waals surface area contributed by atoms with E-state index in [4.69, 9.17) is 4.99 Å². The number of rotatable bonds is 4. The molecule has 2 aromatic rings. The van der Waals surface area contributed by atoms with Gasteiger partial charge in [-0.1, -0.05) is 75.7 Å². The van der Waals surface area contributed by atoms with Gasteiger partial charge < -0.3 is 0 Å². The van der Waals surface area contributed by atoms with Crippen LogP contribution in [0.1, 0.15) is 61.8 Å². The third kappa shape index (κ3) is 3.81. The highest BCUT2D eigenvalue weighted by Gasteiger charge is 2.12. The van der Waals surface area contributed by atoms with Gasteiger partial charge in [0.05, 0.1) is 5.69 Å². The van der Waals surface area contributed by atoms with E-state index in [0.29, 0.717) is 11.8 Å². The number of hydrogen-bond acceptors (Lipinski definition) is 1. The van der Waals surface area contributed by atoms with Gasteiger partial charge in [-0.15, -0.1) is 0 Å². The SMILES string of the molecule is Cc1ccc(C=Nc2c(C(C)C)cccc2C(C)C)cc1. The second kappa shape index (κ2) is 6.71. The Hall–Kier alpha value is -1.89. The van der Waals surface area contributed by atoms with Crippen LogP contribution in [-0.2, 0) is 0 Å². The maximum absolute atomic E-state index is 4.82. The fourth-order valence-corrected chi connectivity index (χ4v) is 2.45.